The van der Waals surface area contributed by atoms with Crippen LogP contribution >= 0.6 is 12.4 Å². The topological polar surface area (TPSA) is 88.0 Å². The number of pyridine rings is 1. The Hall–Kier alpha value is -1.33. The number of halogens is 1. The van der Waals surface area contributed by atoms with E-state index in [1.54, 1.807) is 6.07 Å². The maximum atomic E-state index is 12.0. The fourth-order valence-corrected chi connectivity index (χ4v) is 2.33. The van der Waals surface area contributed by atoms with Gasteiger partial charge in [0.2, 0.25) is 5.56 Å². The van der Waals surface area contributed by atoms with Crippen LogP contribution in [0, 0.1) is 0 Å². The van der Waals surface area contributed by atoms with Crippen molar-refractivity contribution in [2.45, 2.75) is 31.2 Å². The van der Waals surface area contributed by atoms with E-state index in [0.29, 0.717) is 12.1 Å². The Balaban J connectivity index is 0.00000162. The summed E-state index contributed by atoms with van der Waals surface area (Å²) in [7, 11) is 0. The number of nitrogens with two attached hydrogens (primary N) is 1. The van der Waals surface area contributed by atoms with Crippen molar-refractivity contribution in [3.63, 3.8) is 0 Å². The van der Waals surface area contributed by atoms with Gasteiger partial charge < -0.3 is 16.0 Å². The molecule has 0 bridgehead atoms. The van der Waals surface area contributed by atoms with Gasteiger partial charge in [0.05, 0.1) is 5.54 Å². The van der Waals surface area contributed by atoms with E-state index < -0.39 is 0 Å². The first-order chi connectivity index (χ1) is 8.15. The molecule has 1 heterocycles. The van der Waals surface area contributed by atoms with E-state index in [1.165, 1.54) is 12.3 Å². The molecule has 1 amide bonds. The van der Waals surface area contributed by atoms with Gasteiger partial charge in [-0.1, -0.05) is 12.8 Å². The van der Waals surface area contributed by atoms with Crippen molar-refractivity contribution in [3.8, 4) is 0 Å². The molecule has 5 nitrogen and oxygen atoms in total. The number of carbonyl (C=O) groups is 1. The van der Waals surface area contributed by atoms with Crippen LogP contribution in [0.25, 0.3) is 0 Å². The molecule has 1 fully saturated rings. The summed E-state index contributed by atoms with van der Waals surface area (Å²) in [5.74, 6) is -0.219. The molecular weight excluding hydrogens is 254 g/mol. The van der Waals surface area contributed by atoms with E-state index in [1.807, 2.05) is 0 Å². The van der Waals surface area contributed by atoms with Crippen molar-refractivity contribution in [2.24, 2.45) is 5.73 Å². The molecule has 4 N–H and O–H groups in total. The molecule has 2 rings (SSSR count). The van der Waals surface area contributed by atoms with Gasteiger partial charge in [-0.15, -0.1) is 12.4 Å². The normalized spacial score (nSPS) is 16.9. The lowest BCUT2D eigenvalue weighted by Gasteiger charge is -2.28. The Morgan fingerprint density at radius 2 is 2.11 bits per heavy atom. The molecule has 1 aliphatic rings. The second-order valence-electron chi connectivity index (χ2n) is 4.59. The Bertz CT molecular complexity index is 466. The number of carbonyl (C=O) groups excluding carboxylic acids is 1. The van der Waals surface area contributed by atoms with Gasteiger partial charge in [0, 0.05) is 24.4 Å². The molecule has 18 heavy (non-hydrogen) atoms. The second kappa shape index (κ2) is 6.02. The minimum atomic E-state index is -0.278. The van der Waals surface area contributed by atoms with Gasteiger partial charge >= 0.3 is 0 Å². The van der Waals surface area contributed by atoms with Crippen molar-refractivity contribution in [2.75, 3.05) is 6.54 Å². The molecule has 0 aromatic carbocycles. The molecular formula is C12H18ClN3O2. The molecule has 0 radical (unpaired) electrons. The van der Waals surface area contributed by atoms with Crippen LogP contribution in [-0.2, 0) is 0 Å². The van der Waals surface area contributed by atoms with E-state index >= 15 is 0 Å². The van der Waals surface area contributed by atoms with Crippen LogP contribution in [0.3, 0.4) is 0 Å². The minimum absolute atomic E-state index is 0. The van der Waals surface area contributed by atoms with Gasteiger partial charge in [-0.25, -0.2) is 0 Å². The van der Waals surface area contributed by atoms with Gasteiger partial charge in [-0.05, 0) is 18.9 Å². The maximum Gasteiger partial charge on any atom is 0.252 e. The Morgan fingerprint density at radius 3 is 2.67 bits per heavy atom. The highest BCUT2D eigenvalue weighted by Crippen LogP contribution is 2.28. The number of aromatic nitrogens is 1. The lowest BCUT2D eigenvalue weighted by Crippen LogP contribution is -2.51. The first-order valence-electron chi connectivity index (χ1n) is 5.87. The van der Waals surface area contributed by atoms with E-state index in [9.17, 15) is 9.59 Å². The van der Waals surface area contributed by atoms with E-state index in [0.717, 1.165) is 25.7 Å². The predicted molar refractivity (Wildman–Crippen MR) is 72.0 cm³/mol. The molecule has 1 aliphatic carbocycles. The average molecular weight is 272 g/mol. The first-order valence-corrected chi connectivity index (χ1v) is 5.87. The SMILES string of the molecule is Cl.NCC1(NC(=O)c2cc[nH]c(=O)c2)CCCC1. The molecule has 6 heteroatoms. The zero-order valence-corrected chi connectivity index (χ0v) is 10.9. The molecule has 1 aromatic rings. The van der Waals surface area contributed by atoms with Crippen molar-refractivity contribution in [1.29, 1.82) is 0 Å². The van der Waals surface area contributed by atoms with Crippen LogP contribution in [0.2, 0.25) is 0 Å². The van der Waals surface area contributed by atoms with Gasteiger partial charge in [0.25, 0.3) is 5.91 Å². The summed E-state index contributed by atoms with van der Waals surface area (Å²) < 4.78 is 0. The summed E-state index contributed by atoms with van der Waals surface area (Å²) >= 11 is 0. The Labute approximate surface area is 112 Å². The van der Waals surface area contributed by atoms with Crippen LogP contribution in [0.5, 0.6) is 0 Å². The summed E-state index contributed by atoms with van der Waals surface area (Å²) in [5, 5.41) is 2.97. The third kappa shape index (κ3) is 3.11. The predicted octanol–water partition coefficient (Wildman–Crippen LogP) is 0.798. The van der Waals surface area contributed by atoms with Gasteiger partial charge in [-0.3, -0.25) is 9.59 Å². The smallest absolute Gasteiger partial charge is 0.252 e. The maximum absolute atomic E-state index is 12.0. The molecule has 0 unspecified atom stereocenters. The number of hydrogen-bond acceptors (Lipinski definition) is 3. The van der Waals surface area contributed by atoms with Crippen LogP contribution in [-0.4, -0.2) is 23.0 Å². The average Bonchev–Trinajstić information content (AvgIpc) is 2.78. The number of rotatable bonds is 3. The molecule has 0 aliphatic heterocycles. The summed E-state index contributed by atoms with van der Waals surface area (Å²) in [6.07, 6.45) is 5.48. The lowest BCUT2D eigenvalue weighted by atomic mass is 9.97. The van der Waals surface area contributed by atoms with Crippen LogP contribution in [0.1, 0.15) is 36.0 Å². The standard InChI is InChI=1S/C12H17N3O2.ClH/c13-8-12(4-1-2-5-12)15-11(17)9-3-6-14-10(16)7-9;/h3,6-7H,1-2,4-5,8,13H2,(H,14,16)(H,15,17);1H. The largest absolute Gasteiger partial charge is 0.345 e. The number of H-pyrrole nitrogens is 1. The summed E-state index contributed by atoms with van der Waals surface area (Å²) in [4.78, 5) is 25.6. The van der Waals surface area contributed by atoms with E-state index in [-0.39, 0.29) is 29.4 Å². The fraction of sp³-hybridized carbons (Fsp3) is 0.500. The highest BCUT2D eigenvalue weighted by molar-refractivity contribution is 5.94. The van der Waals surface area contributed by atoms with Crippen molar-refractivity contribution >= 4 is 18.3 Å². The van der Waals surface area contributed by atoms with Crippen molar-refractivity contribution < 1.29 is 4.79 Å². The molecule has 0 saturated heterocycles. The van der Waals surface area contributed by atoms with Crippen molar-refractivity contribution in [1.82, 2.24) is 10.3 Å². The molecule has 1 aromatic heterocycles. The van der Waals surface area contributed by atoms with E-state index in [2.05, 4.69) is 10.3 Å². The molecule has 0 spiro atoms. The Morgan fingerprint density at radius 1 is 1.44 bits per heavy atom. The summed E-state index contributed by atoms with van der Waals surface area (Å²) in [5.41, 5.74) is 5.57. The highest BCUT2D eigenvalue weighted by Gasteiger charge is 2.34. The zero-order chi connectivity index (χ0) is 12.3. The van der Waals surface area contributed by atoms with Gasteiger partial charge in [0.1, 0.15) is 0 Å². The number of nitrogens with one attached hydrogen (secondary N) is 2. The fourth-order valence-electron chi connectivity index (χ4n) is 2.33. The summed E-state index contributed by atoms with van der Waals surface area (Å²) in [6, 6.07) is 2.89. The Kier molecular flexibility index (Phi) is 4.93. The van der Waals surface area contributed by atoms with E-state index in [4.69, 9.17) is 5.73 Å². The highest BCUT2D eigenvalue weighted by atomic mass is 35.5. The van der Waals surface area contributed by atoms with Crippen molar-refractivity contribution in [3.05, 3.63) is 34.2 Å². The van der Waals surface area contributed by atoms with Crippen LogP contribution in [0.15, 0.2) is 23.1 Å². The quantitative estimate of drug-likeness (QED) is 0.760. The van der Waals surface area contributed by atoms with Crippen LogP contribution in [0.4, 0.5) is 0 Å². The number of amides is 1. The summed E-state index contributed by atoms with van der Waals surface area (Å²) in [6.45, 7) is 0.446. The molecule has 0 atom stereocenters. The monoisotopic (exact) mass is 271 g/mol. The first kappa shape index (κ1) is 14.7. The lowest BCUT2D eigenvalue weighted by molar-refractivity contribution is 0.0903. The number of hydrogen-bond donors (Lipinski definition) is 3. The third-order valence-electron chi connectivity index (χ3n) is 3.37. The molecule has 1 saturated carbocycles. The van der Waals surface area contributed by atoms with Gasteiger partial charge in [0.15, 0.2) is 0 Å². The molecule has 100 valence electrons. The third-order valence-corrected chi connectivity index (χ3v) is 3.37. The zero-order valence-electron chi connectivity index (χ0n) is 10.1. The minimum Gasteiger partial charge on any atom is -0.345 e. The van der Waals surface area contributed by atoms with Crippen LogP contribution < -0.4 is 16.6 Å². The number of aromatic amines is 1. The second-order valence-corrected chi connectivity index (χ2v) is 4.59. The van der Waals surface area contributed by atoms with Gasteiger partial charge in [-0.2, -0.15) is 0 Å².